The summed E-state index contributed by atoms with van der Waals surface area (Å²) < 4.78 is 13.7. The van der Waals surface area contributed by atoms with Crippen LogP contribution >= 0.6 is 27.3 Å². The first-order chi connectivity index (χ1) is 8.06. The van der Waals surface area contributed by atoms with Crippen molar-refractivity contribution in [2.24, 2.45) is 0 Å². The molecule has 3 N–H and O–H groups in total. The van der Waals surface area contributed by atoms with E-state index >= 15 is 0 Å². The fourth-order valence-corrected chi connectivity index (χ4v) is 2.48. The van der Waals surface area contributed by atoms with Gasteiger partial charge in [-0.15, -0.1) is 11.3 Å². The Kier molecular flexibility index (Phi) is 3.63. The molecule has 0 unspecified atom stereocenters. The quantitative estimate of drug-likeness (QED) is 0.852. The van der Waals surface area contributed by atoms with E-state index in [4.69, 9.17) is 5.73 Å². The number of benzene rings is 1. The van der Waals surface area contributed by atoms with Gasteiger partial charge in [0.2, 0.25) is 0 Å². The van der Waals surface area contributed by atoms with E-state index in [2.05, 4.69) is 26.2 Å². The molecule has 1 heterocycles. The molecule has 2 aromatic rings. The number of hydrogen-bond donors (Lipinski definition) is 2. The molecule has 0 bridgehead atoms. The molecule has 6 heteroatoms. The van der Waals surface area contributed by atoms with Crippen LogP contribution in [0.1, 0.15) is 9.88 Å². The predicted molar refractivity (Wildman–Crippen MR) is 72.7 cm³/mol. The summed E-state index contributed by atoms with van der Waals surface area (Å²) in [5.74, 6) is -0.331. The third-order valence-electron chi connectivity index (χ3n) is 2.21. The lowest BCUT2D eigenvalue weighted by Crippen LogP contribution is -2.02. The third-order valence-corrected chi connectivity index (χ3v) is 3.74. The van der Waals surface area contributed by atoms with E-state index in [-0.39, 0.29) is 5.82 Å². The summed E-state index contributed by atoms with van der Waals surface area (Å²) in [7, 11) is 0. The minimum atomic E-state index is -0.331. The second-order valence-electron chi connectivity index (χ2n) is 3.55. The van der Waals surface area contributed by atoms with E-state index in [9.17, 15) is 4.39 Å². The zero-order chi connectivity index (χ0) is 12.4. The smallest absolute Gasteiger partial charge is 0.139 e. The topological polar surface area (TPSA) is 50.9 Å². The highest BCUT2D eigenvalue weighted by atomic mass is 79.9. The Balaban J connectivity index is 2.11. The molecule has 0 fully saturated rings. The van der Waals surface area contributed by atoms with Crippen LogP contribution in [0, 0.1) is 12.7 Å². The highest BCUT2D eigenvalue weighted by Gasteiger charge is 2.06. The van der Waals surface area contributed by atoms with Gasteiger partial charge in [-0.2, -0.15) is 0 Å². The van der Waals surface area contributed by atoms with Crippen LogP contribution in [0.15, 0.2) is 22.8 Å². The third kappa shape index (κ3) is 2.95. The number of nitrogens with two attached hydrogens (primary N) is 1. The molecule has 0 spiro atoms. The van der Waals surface area contributed by atoms with Gasteiger partial charge in [-0.1, -0.05) is 0 Å². The zero-order valence-corrected chi connectivity index (χ0v) is 11.5. The molecule has 1 aromatic heterocycles. The van der Waals surface area contributed by atoms with Crippen molar-refractivity contribution in [1.29, 1.82) is 0 Å². The number of nitrogens with zero attached hydrogens (tertiary/aromatic N) is 1. The maximum atomic E-state index is 13.3. The molecule has 0 aliphatic heterocycles. The summed E-state index contributed by atoms with van der Waals surface area (Å²) in [5.41, 5.74) is 6.90. The first kappa shape index (κ1) is 12.3. The SMILES string of the molecule is Cc1ncc(CNc2cc(F)c(Br)cc2N)s1. The van der Waals surface area contributed by atoms with Crippen LogP contribution in [0.2, 0.25) is 0 Å². The molecule has 0 atom stereocenters. The Bertz CT molecular complexity index is 542. The monoisotopic (exact) mass is 315 g/mol. The van der Waals surface area contributed by atoms with Crippen molar-refractivity contribution in [1.82, 2.24) is 4.98 Å². The number of anilines is 2. The summed E-state index contributed by atoms with van der Waals surface area (Å²) in [6, 6.07) is 2.93. The van der Waals surface area contributed by atoms with E-state index in [1.165, 1.54) is 6.07 Å². The molecule has 0 saturated heterocycles. The van der Waals surface area contributed by atoms with Crippen molar-refractivity contribution < 1.29 is 4.39 Å². The normalized spacial score (nSPS) is 10.5. The Morgan fingerprint density at radius 1 is 1.53 bits per heavy atom. The second-order valence-corrected chi connectivity index (χ2v) is 5.73. The van der Waals surface area contributed by atoms with Gasteiger partial charge in [-0.25, -0.2) is 9.37 Å². The number of hydrogen-bond acceptors (Lipinski definition) is 4. The molecular weight excluding hydrogens is 305 g/mol. The molecule has 2 rings (SSSR count). The highest BCUT2D eigenvalue weighted by Crippen LogP contribution is 2.27. The molecule has 1 aromatic carbocycles. The van der Waals surface area contributed by atoms with Crippen LogP contribution in [-0.4, -0.2) is 4.98 Å². The first-order valence-electron chi connectivity index (χ1n) is 4.96. The van der Waals surface area contributed by atoms with Crippen LogP contribution in [0.25, 0.3) is 0 Å². The number of thiazole rings is 1. The van der Waals surface area contributed by atoms with Crippen molar-refractivity contribution in [3.8, 4) is 0 Å². The van der Waals surface area contributed by atoms with Gasteiger partial charge in [0.25, 0.3) is 0 Å². The van der Waals surface area contributed by atoms with Crippen molar-refractivity contribution in [2.75, 3.05) is 11.1 Å². The van der Waals surface area contributed by atoms with Crippen LogP contribution < -0.4 is 11.1 Å². The number of aromatic nitrogens is 1. The van der Waals surface area contributed by atoms with Crippen LogP contribution in [0.3, 0.4) is 0 Å². The van der Waals surface area contributed by atoms with Gasteiger partial charge in [0.15, 0.2) is 0 Å². The van der Waals surface area contributed by atoms with Crippen molar-refractivity contribution in [3.63, 3.8) is 0 Å². The minimum Gasteiger partial charge on any atom is -0.397 e. The van der Waals surface area contributed by atoms with Gasteiger partial charge in [0.1, 0.15) is 5.82 Å². The number of rotatable bonds is 3. The predicted octanol–water partition coefficient (Wildman–Crippen LogP) is 3.55. The molecule has 3 nitrogen and oxygen atoms in total. The zero-order valence-electron chi connectivity index (χ0n) is 9.13. The Morgan fingerprint density at radius 3 is 2.94 bits per heavy atom. The molecule has 0 amide bonds. The van der Waals surface area contributed by atoms with Gasteiger partial charge in [0.05, 0.1) is 27.4 Å². The lowest BCUT2D eigenvalue weighted by molar-refractivity contribution is 0.622. The van der Waals surface area contributed by atoms with Crippen LogP contribution in [-0.2, 0) is 6.54 Å². The standard InChI is InChI=1S/C11H11BrFN3S/c1-6-15-4-7(17-6)5-16-11-3-9(13)8(12)2-10(11)14/h2-4,16H,5,14H2,1H3. The first-order valence-corrected chi connectivity index (χ1v) is 6.57. The van der Waals surface area contributed by atoms with Crippen molar-refractivity contribution >= 4 is 38.6 Å². The molecule has 0 aliphatic carbocycles. The molecule has 0 saturated carbocycles. The average Bonchev–Trinajstić information content (AvgIpc) is 2.68. The van der Waals surface area contributed by atoms with Gasteiger partial charge in [0, 0.05) is 17.1 Å². The summed E-state index contributed by atoms with van der Waals surface area (Å²) in [6.45, 7) is 2.54. The highest BCUT2D eigenvalue weighted by molar-refractivity contribution is 9.10. The molecule has 17 heavy (non-hydrogen) atoms. The van der Waals surface area contributed by atoms with Crippen LogP contribution in [0.5, 0.6) is 0 Å². The van der Waals surface area contributed by atoms with Gasteiger partial charge in [-0.05, 0) is 28.9 Å². The van der Waals surface area contributed by atoms with Crippen molar-refractivity contribution in [2.45, 2.75) is 13.5 Å². The van der Waals surface area contributed by atoms with Gasteiger partial charge >= 0.3 is 0 Å². The Morgan fingerprint density at radius 2 is 2.29 bits per heavy atom. The molecule has 0 radical (unpaired) electrons. The summed E-state index contributed by atoms with van der Waals surface area (Å²) in [6.07, 6.45) is 1.80. The van der Waals surface area contributed by atoms with Crippen molar-refractivity contribution in [3.05, 3.63) is 38.5 Å². The average molecular weight is 316 g/mol. The number of halogens is 2. The number of aryl methyl sites for hydroxylation is 1. The second kappa shape index (κ2) is 5.01. The Labute approximate surface area is 111 Å². The van der Waals surface area contributed by atoms with E-state index in [0.717, 1.165) is 9.88 Å². The lowest BCUT2D eigenvalue weighted by atomic mass is 10.2. The molecule has 0 aliphatic rings. The maximum absolute atomic E-state index is 13.3. The lowest BCUT2D eigenvalue weighted by Gasteiger charge is -2.09. The number of nitrogens with one attached hydrogen (secondary N) is 1. The van der Waals surface area contributed by atoms with E-state index < -0.39 is 0 Å². The summed E-state index contributed by atoms with van der Waals surface area (Å²) >= 11 is 4.69. The summed E-state index contributed by atoms with van der Waals surface area (Å²) in [4.78, 5) is 5.24. The summed E-state index contributed by atoms with van der Waals surface area (Å²) in [5, 5.41) is 4.11. The van der Waals surface area contributed by atoms with E-state index in [1.807, 2.05) is 6.92 Å². The fraction of sp³-hybridized carbons (Fsp3) is 0.182. The van der Waals surface area contributed by atoms with E-state index in [1.54, 1.807) is 23.6 Å². The Hall–Kier alpha value is -1.14. The maximum Gasteiger partial charge on any atom is 0.139 e. The van der Waals surface area contributed by atoms with E-state index in [0.29, 0.717) is 22.4 Å². The van der Waals surface area contributed by atoms with Gasteiger partial charge < -0.3 is 11.1 Å². The number of nitrogen functional groups attached to an aromatic ring is 1. The molecule has 90 valence electrons. The van der Waals surface area contributed by atoms with Gasteiger partial charge in [-0.3, -0.25) is 0 Å². The minimum absolute atomic E-state index is 0.331. The molecular formula is C11H11BrFN3S. The largest absolute Gasteiger partial charge is 0.397 e. The fourth-order valence-electron chi connectivity index (χ4n) is 1.38. The van der Waals surface area contributed by atoms with Crippen LogP contribution in [0.4, 0.5) is 15.8 Å².